The third kappa shape index (κ3) is 3.46. The zero-order chi connectivity index (χ0) is 12.2. The van der Waals surface area contributed by atoms with Crippen molar-refractivity contribution in [1.82, 2.24) is 0 Å². The van der Waals surface area contributed by atoms with E-state index in [-0.39, 0.29) is 12.7 Å². The van der Waals surface area contributed by atoms with Crippen LogP contribution in [0.15, 0.2) is 0 Å². The van der Waals surface area contributed by atoms with Crippen molar-refractivity contribution in [2.24, 2.45) is 5.92 Å². The zero-order valence-electron chi connectivity index (χ0n) is 10.4. The van der Waals surface area contributed by atoms with Gasteiger partial charge in [-0.05, 0) is 38.5 Å². The van der Waals surface area contributed by atoms with Gasteiger partial charge in [0, 0.05) is 7.11 Å². The summed E-state index contributed by atoms with van der Waals surface area (Å²) in [5.41, 5.74) is -1.21. The van der Waals surface area contributed by atoms with Crippen molar-refractivity contribution >= 4 is 5.97 Å². The Morgan fingerprint density at radius 3 is 2.38 bits per heavy atom. The molecule has 0 radical (unpaired) electrons. The first-order chi connectivity index (χ1) is 7.48. The third-order valence-electron chi connectivity index (χ3n) is 3.26. The van der Waals surface area contributed by atoms with Gasteiger partial charge in [0.15, 0.2) is 5.60 Å². The van der Waals surface area contributed by atoms with Crippen LogP contribution in [-0.2, 0) is 14.3 Å². The van der Waals surface area contributed by atoms with Crippen LogP contribution in [0.25, 0.3) is 0 Å². The van der Waals surface area contributed by atoms with Gasteiger partial charge in [-0.1, -0.05) is 6.92 Å². The Labute approximate surface area is 96.9 Å². The van der Waals surface area contributed by atoms with E-state index in [0.29, 0.717) is 0 Å². The average Bonchev–Trinajstić information content (AvgIpc) is 2.22. The number of carboxylic acids is 1. The van der Waals surface area contributed by atoms with Crippen molar-refractivity contribution in [2.45, 2.75) is 51.2 Å². The molecule has 1 aliphatic rings. The van der Waals surface area contributed by atoms with Crippen LogP contribution in [0.2, 0.25) is 0 Å². The van der Waals surface area contributed by atoms with E-state index >= 15 is 0 Å². The lowest BCUT2D eigenvalue weighted by atomic mass is 9.88. The molecule has 0 saturated heterocycles. The first-order valence-corrected chi connectivity index (χ1v) is 5.88. The maximum absolute atomic E-state index is 11.1. The lowest BCUT2D eigenvalue weighted by Crippen LogP contribution is -2.46. The first-order valence-electron chi connectivity index (χ1n) is 5.88. The molecule has 0 aliphatic heterocycles. The van der Waals surface area contributed by atoms with Crippen LogP contribution in [0.1, 0.15) is 39.5 Å². The summed E-state index contributed by atoms with van der Waals surface area (Å²) in [5.74, 6) is -0.216. The van der Waals surface area contributed by atoms with Crippen molar-refractivity contribution in [1.29, 1.82) is 0 Å². The van der Waals surface area contributed by atoms with Crippen LogP contribution in [0.4, 0.5) is 0 Å². The normalized spacial score (nSPS) is 29.7. The van der Waals surface area contributed by atoms with Crippen LogP contribution in [0.3, 0.4) is 0 Å². The Morgan fingerprint density at radius 1 is 1.38 bits per heavy atom. The van der Waals surface area contributed by atoms with Gasteiger partial charge in [-0.3, -0.25) is 0 Å². The van der Waals surface area contributed by atoms with E-state index in [4.69, 9.17) is 14.6 Å². The standard InChI is InChI=1S/C12H22O4/c1-9-4-6-10(7-5-9)16-12(2,8-15-3)11(13)14/h9-10H,4-8H2,1-3H3,(H,13,14). The molecule has 16 heavy (non-hydrogen) atoms. The minimum atomic E-state index is -1.21. The molecule has 1 atom stereocenters. The molecule has 1 rings (SSSR count). The Hall–Kier alpha value is -0.610. The van der Waals surface area contributed by atoms with Crippen molar-refractivity contribution in [3.05, 3.63) is 0 Å². The predicted molar refractivity (Wildman–Crippen MR) is 60.4 cm³/mol. The molecule has 0 amide bonds. The molecule has 4 heteroatoms. The molecule has 0 aromatic heterocycles. The quantitative estimate of drug-likeness (QED) is 0.785. The number of rotatable bonds is 5. The van der Waals surface area contributed by atoms with Crippen molar-refractivity contribution in [3.8, 4) is 0 Å². The van der Waals surface area contributed by atoms with Gasteiger partial charge in [0.25, 0.3) is 0 Å². The second-order valence-electron chi connectivity index (χ2n) is 4.97. The summed E-state index contributed by atoms with van der Waals surface area (Å²) in [7, 11) is 1.49. The summed E-state index contributed by atoms with van der Waals surface area (Å²) >= 11 is 0. The SMILES string of the molecule is COCC(C)(OC1CCC(C)CC1)C(=O)O. The van der Waals surface area contributed by atoms with E-state index < -0.39 is 11.6 Å². The first kappa shape index (κ1) is 13.5. The molecule has 1 saturated carbocycles. The highest BCUT2D eigenvalue weighted by molar-refractivity contribution is 5.77. The summed E-state index contributed by atoms with van der Waals surface area (Å²) in [6.45, 7) is 3.90. The highest BCUT2D eigenvalue weighted by atomic mass is 16.6. The fourth-order valence-corrected chi connectivity index (χ4v) is 2.14. The number of hydrogen-bond donors (Lipinski definition) is 1. The van der Waals surface area contributed by atoms with Gasteiger partial charge in [-0.2, -0.15) is 0 Å². The molecule has 4 nitrogen and oxygen atoms in total. The Morgan fingerprint density at radius 2 is 1.94 bits per heavy atom. The largest absolute Gasteiger partial charge is 0.479 e. The predicted octanol–water partition coefficient (Wildman–Crippen LogP) is 2.07. The molecule has 1 aliphatic carbocycles. The third-order valence-corrected chi connectivity index (χ3v) is 3.26. The minimum Gasteiger partial charge on any atom is -0.479 e. The zero-order valence-corrected chi connectivity index (χ0v) is 10.4. The van der Waals surface area contributed by atoms with Gasteiger partial charge >= 0.3 is 5.97 Å². The second kappa shape index (κ2) is 5.64. The van der Waals surface area contributed by atoms with Gasteiger partial charge in [0.2, 0.25) is 0 Å². The molecular weight excluding hydrogens is 208 g/mol. The molecular formula is C12H22O4. The number of hydrogen-bond acceptors (Lipinski definition) is 3. The van der Waals surface area contributed by atoms with E-state index in [1.165, 1.54) is 7.11 Å². The minimum absolute atomic E-state index is 0.0625. The molecule has 0 bridgehead atoms. The fourth-order valence-electron chi connectivity index (χ4n) is 2.14. The Kier molecular flexibility index (Phi) is 4.74. The number of methoxy groups -OCH3 is 1. The van der Waals surface area contributed by atoms with E-state index in [2.05, 4.69) is 6.92 Å². The molecule has 0 spiro atoms. The van der Waals surface area contributed by atoms with Crippen molar-refractivity contribution in [3.63, 3.8) is 0 Å². The van der Waals surface area contributed by atoms with E-state index in [9.17, 15) is 4.79 Å². The van der Waals surface area contributed by atoms with Gasteiger partial charge in [0.1, 0.15) is 0 Å². The van der Waals surface area contributed by atoms with Gasteiger partial charge in [-0.15, -0.1) is 0 Å². The van der Waals surface area contributed by atoms with Crippen LogP contribution in [0, 0.1) is 5.92 Å². The van der Waals surface area contributed by atoms with Crippen LogP contribution >= 0.6 is 0 Å². The van der Waals surface area contributed by atoms with Crippen LogP contribution in [0.5, 0.6) is 0 Å². The van der Waals surface area contributed by atoms with Crippen molar-refractivity contribution < 1.29 is 19.4 Å². The van der Waals surface area contributed by atoms with E-state index in [1.54, 1.807) is 6.92 Å². The smallest absolute Gasteiger partial charge is 0.338 e. The molecule has 0 aromatic carbocycles. The van der Waals surface area contributed by atoms with Gasteiger partial charge < -0.3 is 14.6 Å². The van der Waals surface area contributed by atoms with Crippen molar-refractivity contribution in [2.75, 3.05) is 13.7 Å². The molecule has 1 unspecified atom stereocenters. The number of ether oxygens (including phenoxy) is 2. The number of carboxylic acid groups (broad SMARTS) is 1. The molecule has 1 N–H and O–H groups in total. The van der Waals surface area contributed by atoms with E-state index in [0.717, 1.165) is 31.6 Å². The van der Waals surface area contributed by atoms with Gasteiger partial charge in [-0.25, -0.2) is 4.79 Å². The topological polar surface area (TPSA) is 55.8 Å². The van der Waals surface area contributed by atoms with Crippen LogP contribution < -0.4 is 0 Å². The summed E-state index contributed by atoms with van der Waals surface area (Å²) < 4.78 is 10.6. The highest BCUT2D eigenvalue weighted by Crippen LogP contribution is 2.28. The fraction of sp³-hybridized carbons (Fsp3) is 0.917. The van der Waals surface area contributed by atoms with Crippen LogP contribution in [-0.4, -0.2) is 36.5 Å². The number of carbonyl (C=O) groups is 1. The summed E-state index contributed by atoms with van der Waals surface area (Å²) in [6, 6.07) is 0. The molecule has 0 heterocycles. The molecule has 1 fully saturated rings. The second-order valence-corrected chi connectivity index (χ2v) is 4.97. The maximum Gasteiger partial charge on any atom is 0.338 e. The number of aliphatic carboxylic acids is 1. The highest BCUT2D eigenvalue weighted by Gasteiger charge is 2.37. The average molecular weight is 230 g/mol. The monoisotopic (exact) mass is 230 g/mol. The lowest BCUT2D eigenvalue weighted by Gasteiger charge is -2.33. The maximum atomic E-state index is 11.1. The Bertz CT molecular complexity index is 233. The lowest BCUT2D eigenvalue weighted by molar-refractivity contribution is -0.182. The summed E-state index contributed by atoms with van der Waals surface area (Å²) in [4.78, 5) is 11.1. The summed E-state index contributed by atoms with van der Waals surface area (Å²) in [6.07, 6.45) is 4.20. The summed E-state index contributed by atoms with van der Waals surface area (Å²) in [5, 5.41) is 9.14. The van der Waals surface area contributed by atoms with E-state index in [1.807, 2.05) is 0 Å². The Balaban J connectivity index is 2.52. The molecule has 94 valence electrons. The van der Waals surface area contributed by atoms with Gasteiger partial charge in [0.05, 0.1) is 12.7 Å². The molecule has 0 aromatic rings.